The molecule has 0 unspecified atom stereocenters. The molecule has 1 fully saturated rings. The molecule has 78 valence electrons. The number of hydrogen-bond acceptors (Lipinski definition) is 3. The molecule has 14 heavy (non-hydrogen) atoms. The molecule has 1 aromatic rings. The van der Waals surface area contributed by atoms with E-state index in [0.717, 1.165) is 44.0 Å². The zero-order valence-corrected chi connectivity index (χ0v) is 8.57. The Kier molecular flexibility index (Phi) is 2.89. The zero-order chi connectivity index (χ0) is 9.97. The van der Waals surface area contributed by atoms with Gasteiger partial charge in [-0.1, -0.05) is 6.92 Å². The Hall–Kier alpha value is -0.800. The number of furan rings is 1. The van der Waals surface area contributed by atoms with Crippen LogP contribution in [0.4, 0.5) is 0 Å². The normalized spacial score (nSPS) is 23.1. The number of aliphatic hydroxyl groups excluding tert-OH is 1. The Morgan fingerprint density at radius 1 is 1.50 bits per heavy atom. The van der Waals surface area contributed by atoms with Crippen molar-refractivity contribution in [1.29, 1.82) is 0 Å². The first-order valence-electron chi connectivity index (χ1n) is 5.26. The van der Waals surface area contributed by atoms with Gasteiger partial charge in [-0.15, -0.1) is 0 Å². The maximum absolute atomic E-state index is 9.36. The van der Waals surface area contributed by atoms with Gasteiger partial charge in [0.15, 0.2) is 0 Å². The van der Waals surface area contributed by atoms with E-state index in [2.05, 4.69) is 11.8 Å². The second kappa shape index (κ2) is 4.15. The molecule has 1 saturated heterocycles. The van der Waals surface area contributed by atoms with Gasteiger partial charge >= 0.3 is 0 Å². The lowest BCUT2D eigenvalue weighted by molar-refractivity contribution is 0.171. The average Bonchev–Trinajstić information content (AvgIpc) is 2.76. The lowest BCUT2D eigenvalue weighted by Crippen LogP contribution is -2.21. The molecule has 0 saturated carbocycles. The molecule has 3 nitrogen and oxygen atoms in total. The molecule has 3 heteroatoms. The molecule has 0 spiro atoms. The molecule has 1 aliphatic rings. The Morgan fingerprint density at radius 3 is 2.86 bits per heavy atom. The van der Waals surface area contributed by atoms with E-state index in [1.165, 1.54) is 0 Å². The summed E-state index contributed by atoms with van der Waals surface area (Å²) in [4.78, 5) is 2.23. The number of likely N-dealkylation sites (tertiary alicyclic amines) is 1. The number of aliphatic hydroxyl groups is 1. The van der Waals surface area contributed by atoms with Crippen molar-refractivity contribution in [3.63, 3.8) is 0 Å². The first kappa shape index (κ1) is 9.74. The molecular formula is C11H17NO2. The van der Waals surface area contributed by atoms with Crippen molar-refractivity contribution in [2.75, 3.05) is 13.1 Å². The average molecular weight is 195 g/mol. The zero-order valence-electron chi connectivity index (χ0n) is 8.57. The van der Waals surface area contributed by atoms with Crippen LogP contribution in [0.1, 0.15) is 24.9 Å². The van der Waals surface area contributed by atoms with Gasteiger partial charge in [-0.3, -0.25) is 4.90 Å². The fourth-order valence-electron chi connectivity index (χ4n) is 1.87. The van der Waals surface area contributed by atoms with Crippen LogP contribution in [0.25, 0.3) is 0 Å². The maximum Gasteiger partial charge on any atom is 0.118 e. The Morgan fingerprint density at radius 2 is 2.29 bits per heavy atom. The van der Waals surface area contributed by atoms with E-state index in [9.17, 15) is 5.11 Å². The van der Waals surface area contributed by atoms with Crippen LogP contribution in [0, 0.1) is 0 Å². The Balaban J connectivity index is 1.90. The number of rotatable bonds is 3. The SMILES string of the molecule is CCc1ccc(CN2CC[C@H](O)C2)o1. The van der Waals surface area contributed by atoms with Crippen molar-refractivity contribution in [2.45, 2.75) is 32.4 Å². The van der Waals surface area contributed by atoms with Crippen LogP contribution < -0.4 is 0 Å². The van der Waals surface area contributed by atoms with Gasteiger partial charge in [0.05, 0.1) is 12.6 Å². The summed E-state index contributed by atoms with van der Waals surface area (Å²) >= 11 is 0. The Bertz CT molecular complexity index is 295. The number of β-amino-alcohol motifs (C(OH)–C–C–N with tert-alkyl or cyclic N) is 1. The minimum Gasteiger partial charge on any atom is -0.465 e. The van der Waals surface area contributed by atoms with Crippen LogP contribution in [0.2, 0.25) is 0 Å². The molecule has 0 aromatic carbocycles. The van der Waals surface area contributed by atoms with E-state index in [0.29, 0.717) is 0 Å². The quantitative estimate of drug-likeness (QED) is 0.792. The van der Waals surface area contributed by atoms with Crippen LogP contribution in [0.15, 0.2) is 16.5 Å². The molecule has 0 amide bonds. The topological polar surface area (TPSA) is 36.6 Å². The van der Waals surface area contributed by atoms with Gasteiger partial charge in [-0.25, -0.2) is 0 Å². The summed E-state index contributed by atoms with van der Waals surface area (Å²) in [6.45, 7) is 4.67. The number of nitrogens with zero attached hydrogens (tertiary/aromatic N) is 1. The summed E-state index contributed by atoms with van der Waals surface area (Å²) < 4.78 is 5.61. The van der Waals surface area contributed by atoms with E-state index in [1.807, 2.05) is 12.1 Å². The van der Waals surface area contributed by atoms with Gasteiger partial charge in [-0.2, -0.15) is 0 Å². The first-order valence-corrected chi connectivity index (χ1v) is 5.26. The fourth-order valence-corrected chi connectivity index (χ4v) is 1.87. The van der Waals surface area contributed by atoms with Gasteiger partial charge < -0.3 is 9.52 Å². The highest BCUT2D eigenvalue weighted by molar-refractivity contribution is 5.07. The van der Waals surface area contributed by atoms with Crippen LogP contribution in [-0.2, 0) is 13.0 Å². The standard InChI is InChI=1S/C11H17NO2/c1-2-10-3-4-11(14-10)8-12-6-5-9(13)7-12/h3-4,9,13H,2,5-8H2,1H3/t9-/m0/s1. The molecule has 0 radical (unpaired) electrons. The largest absolute Gasteiger partial charge is 0.465 e. The van der Waals surface area contributed by atoms with Crippen LogP contribution >= 0.6 is 0 Å². The fraction of sp³-hybridized carbons (Fsp3) is 0.636. The highest BCUT2D eigenvalue weighted by atomic mass is 16.3. The van der Waals surface area contributed by atoms with Crippen LogP contribution in [0.5, 0.6) is 0 Å². The minimum atomic E-state index is -0.143. The summed E-state index contributed by atoms with van der Waals surface area (Å²) in [6.07, 6.45) is 1.69. The number of hydrogen-bond donors (Lipinski definition) is 1. The van der Waals surface area contributed by atoms with E-state index in [1.54, 1.807) is 0 Å². The van der Waals surface area contributed by atoms with Crippen molar-refractivity contribution in [3.05, 3.63) is 23.7 Å². The smallest absolute Gasteiger partial charge is 0.118 e. The predicted octanol–water partition coefficient (Wildman–Crippen LogP) is 1.41. The third-order valence-corrected chi connectivity index (χ3v) is 2.69. The summed E-state index contributed by atoms with van der Waals surface area (Å²) in [7, 11) is 0. The van der Waals surface area contributed by atoms with Crippen LogP contribution in [0.3, 0.4) is 0 Å². The molecule has 1 N–H and O–H groups in total. The van der Waals surface area contributed by atoms with Crippen molar-refractivity contribution >= 4 is 0 Å². The summed E-state index contributed by atoms with van der Waals surface area (Å²) in [5.41, 5.74) is 0. The molecule has 2 rings (SSSR count). The molecule has 1 aliphatic heterocycles. The highest BCUT2D eigenvalue weighted by Gasteiger charge is 2.20. The number of aryl methyl sites for hydroxylation is 1. The summed E-state index contributed by atoms with van der Waals surface area (Å²) in [6, 6.07) is 4.06. The van der Waals surface area contributed by atoms with Crippen molar-refractivity contribution in [2.24, 2.45) is 0 Å². The second-order valence-corrected chi connectivity index (χ2v) is 3.90. The van der Waals surface area contributed by atoms with Gasteiger partial charge in [0, 0.05) is 19.5 Å². The second-order valence-electron chi connectivity index (χ2n) is 3.90. The molecule has 0 aliphatic carbocycles. The lowest BCUT2D eigenvalue weighted by atomic mass is 10.3. The van der Waals surface area contributed by atoms with Gasteiger partial charge in [0.1, 0.15) is 11.5 Å². The summed E-state index contributed by atoms with van der Waals surface area (Å²) in [5.74, 6) is 2.05. The van der Waals surface area contributed by atoms with Gasteiger partial charge in [-0.05, 0) is 18.6 Å². The van der Waals surface area contributed by atoms with E-state index in [-0.39, 0.29) is 6.10 Å². The lowest BCUT2D eigenvalue weighted by Gasteiger charge is -2.12. The minimum absolute atomic E-state index is 0.143. The van der Waals surface area contributed by atoms with E-state index < -0.39 is 0 Å². The third kappa shape index (κ3) is 2.16. The van der Waals surface area contributed by atoms with Crippen molar-refractivity contribution < 1.29 is 9.52 Å². The van der Waals surface area contributed by atoms with E-state index in [4.69, 9.17) is 4.42 Å². The summed E-state index contributed by atoms with van der Waals surface area (Å²) in [5, 5.41) is 9.36. The van der Waals surface area contributed by atoms with Gasteiger partial charge in [0.25, 0.3) is 0 Å². The maximum atomic E-state index is 9.36. The van der Waals surface area contributed by atoms with Crippen molar-refractivity contribution in [1.82, 2.24) is 4.90 Å². The molecular weight excluding hydrogens is 178 g/mol. The molecule has 1 atom stereocenters. The monoisotopic (exact) mass is 195 g/mol. The predicted molar refractivity (Wildman–Crippen MR) is 54.0 cm³/mol. The van der Waals surface area contributed by atoms with Crippen LogP contribution in [-0.4, -0.2) is 29.2 Å². The third-order valence-electron chi connectivity index (χ3n) is 2.69. The van der Waals surface area contributed by atoms with Gasteiger partial charge in [0.2, 0.25) is 0 Å². The Labute approximate surface area is 84.3 Å². The first-order chi connectivity index (χ1) is 6.78. The van der Waals surface area contributed by atoms with E-state index >= 15 is 0 Å². The highest BCUT2D eigenvalue weighted by Crippen LogP contribution is 2.15. The molecule has 1 aromatic heterocycles. The van der Waals surface area contributed by atoms with Crippen molar-refractivity contribution in [3.8, 4) is 0 Å². The molecule has 2 heterocycles. The molecule has 0 bridgehead atoms.